The Balaban J connectivity index is 1.51. The lowest BCUT2D eigenvalue weighted by Gasteiger charge is -2.05. The number of aromatic amines is 2. The van der Waals surface area contributed by atoms with Gasteiger partial charge in [0.1, 0.15) is 5.56 Å². The third-order valence-corrected chi connectivity index (χ3v) is 4.23. The van der Waals surface area contributed by atoms with E-state index >= 15 is 0 Å². The van der Waals surface area contributed by atoms with Crippen molar-refractivity contribution < 1.29 is 4.79 Å². The molecule has 28 heavy (non-hydrogen) atoms. The highest BCUT2D eigenvalue weighted by atomic mass is 16.2. The highest BCUT2D eigenvalue weighted by Crippen LogP contribution is 2.21. The average molecular weight is 371 g/mol. The standard InChI is InChI=1S/C21H17N5O2/c1-13-7-12-17(20(27)22-13)21(28)23-16-10-8-15(9-11-16)19-24-18(25-26-19)14-5-3-2-4-6-14/h2-12H,1H3,(H,22,27)(H,23,28)(H,24,25,26). The van der Waals surface area contributed by atoms with E-state index in [0.29, 0.717) is 23.0 Å². The molecule has 0 saturated carbocycles. The summed E-state index contributed by atoms with van der Waals surface area (Å²) in [6.45, 7) is 1.76. The predicted molar refractivity (Wildman–Crippen MR) is 107 cm³/mol. The highest BCUT2D eigenvalue weighted by molar-refractivity contribution is 6.04. The Kier molecular flexibility index (Phi) is 4.55. The van der Waals surface area contributed by atoms with E-state index in [1.807, 2.05) is 42.5 Å². The Morgan fingerprint density at radius 3 is 2.39 bits per heavy atom. The summed E-state index contributed by atoms with van der Waals surface area (Å²) in [5.41, 5.74) is 2.70. The van der Waals surface area contributed by atoms with Gasteiger partial charge in [-0.25, -0.2) is 4.98 Å². The number of amides is 1. The van der Waals surface area contributed by atoms with E-state index in [2.05, 4.69) is 25.5 Å². The van der Waals surface area contributed by atoms with E-state index in [-0.39, 0.29) is 5.56 Å². The van der Waals surface area contributed by atoms with E-state index in [0.717, 1.165) is 11.1 Å². The van der Waals surface area contributed by atoms with Crippen molar-refractivity contribution in [2.24, 2.45) is 0 Å². The van der Waals surface area contributed by atoms with Gasteiger partial charge in [0, 0.05) is 22.5 Å². The molecule has 138 valence electrons. The van der Waals surface area contributed by atoms with Crippen molar-refractivity contribution in [3.63, 3.8) is 0 Å². The number of benzene rings is 2. The van der Waals surface area contributed by atoms with Crippen LogP contribution in [0.15, 0.2) is 71.5 Å². The Hall–Kier alpha value is -4.00. The van der Waals surface area contributed by atoms with Gasteiger partial charge in [-0.05, 0) is 43.3 Å². The number of rotatable bonds is 4. The van der Waals surface area contributed by atoms with Gasteiger partial charge in [0.15, 0.2) is 11.6 Å². The molecule has 1 amide bonds. The van der Waals surface area contributed by atoms with Crippen LogP contribution in [0.2, 0.25) is 0 Å². The average Bonchev–Trinajstić information content (AvgIpc) is 3.19. The number of hydrogen-bond donors (Lipinski definition) is 3. The van der Waals surface area contributed by atoms with E-state index in [9.17, 15) is 9.59 Å². The molecule has 2 heterocycles. The maximum absolute atomic E-state index is 12.3. The molecule has 7 heteroatoms. The normalized spacial score (nSPS) is 10.6. The van der Waals surface area contributed by atoms with Crippen molar-refractivity contribution in [3.05, 3.63) is 88.3 Å². The Morgan fingerprint density at radius 1 is 0.929 bits per heavy atom. The summed E-state index contributed by atoms with van der Waals surface area (Å²) in [4.78, 5) is 31.3. The van der Waals surface area contributed by atoms with Crippen LogP contribution in [0.4, 0.5) is 5.69 Å². The third kappa shape index (κ3) is 3.59. The zero-order valence-electron chi connectivity index (χ0n) is 15.1. The number of pyridine rings is 1. The molecule has 0 aliphatic rings. The van der Waals surface area contributed by atoms with Gasteiger partial charge < -0.3 is 10.3 Å². The molecule has 7 nitrogen and oxygen atoms in total. The number of nitrogens with zero attached hydrogens (tertiary/aromatic N) is 2. The number of H-pyrrole nitrogens is 2. The van der Waals surface area contributed by atoms with Crippen LogP contribution in [0.25, 0.3) is 22.8 Å². The topological polar surface area (TPSA) is 104 Å². The van der Waals surface area contributed by atoms with Crippen molar-refractivity contribution in [2.75, 3.05) is 5.32 Å². The molecule has 4 rings (SSSR count). The van der Waals surface area contributed by atoms with Gasteiger partial charge in [-0.1, -0.05) is 30.3 Å². The first kappa shape index (κ1) is 17.4. The predicted octanol–water partition coefficient (Wildman–Crippen LogP) is 3.39. The van der Waals surface area contributed by atoms with Gasteiger partial charge in [0.05, 0.1) is 0 Å². The molecule has 0 atom stereocenters. The van der Waals surface area contributed by atoms with Crippen LogP contribution in [0.1, 0.15) is 16.1 Å². The molecule has 0 spiro atoms. The Bertz CT molecular complexity index is 1180. The number of anilines is 1. The largest absolute Gasteiger partial charge is 0.326 e. The van der Waals surface area contributed by atoms with Crippen LogP contribution in [0.5, 0.6) is 0 Å². The summed E-state index contributed by atoms with van der Waals surface area (Å²) in [6, 6.07) is 20.0. The minimum absolute atomic E-state index is 0.0671. The van der Waals surface area contributed by atoms with Gasteiger partial charge in [-0.15, -0.1) is 0 Å². The first-order valence-corrected chi connectivity index (χ1v) is 8.70. The fraction of sp³-hybridized carbons (Fsp3) is 0.0476. The summed E-state index contributed by atoms with van der Waals surface area (Å²) in [5.74, 6) is 0.790. The summed E-state index contributed by atoms with van der Waals surface area (Å²) in [7, 11) is 0. The molecule has 3 N–H and O–H groups in total. The summed E-state index contributed by atoms with van der Waals surface area (Å²) < 4.78 is 0. The van der Waals surface area contributed by atoms with E-state index < -0.39 is 11.5 Å². The molecule has 0 radical (unpaired) electrons. The number of hydrogen-bond acceptors (Lipinski definition) is 4. The molecule has 4 aromatic rings. The number of carbonyl (C=O) groups is 1. The molecule has 0 unspecified atom stereocenters. The lowest BCUT2D eigenvalue weighted by Crippen LogP contribution is -2.23. The molecule has 0 fully saturated rings. The van der Waals surface area contributed by atoms with Gasteiger partial charge in [0.2, 0.25) is 0 Å². The van der Waals surface area contributed by atoms with E-state index in [4.69, 9.17) is 0 Å². The Labute approximate surface area is 160 Å². The van der Waals surface area contributed by atoms with Crippen molar-refractivity contribution in [1.29, 1.82) is 0 Å². The first-order valence-electron chi connectivity index (χ1n) is 8.70. The molecular formula is C21H17N5O2. The van der Waals surface area contributed by atoms with Crippen LogP contribution in [0, 0.1) is 6.92 Å². The van der Waals surface area contributed by atoms with Crippen molar-refractivity contribution in [3.8, 4) is 22.8 Å². The van der Waals surface area contributed by atoms with Crippen LogP contribution >= 0.6 is 0 Å². The molecule has 0 aliphatic carbocycles. The van der Waals surface area contributed by atoms with Crippen molar-refractivity contribution in [1.82, 2.24) is 20.2 Å². The zero-order chi connectivity index (χ0) is 19.5. The van der Waals surface area contributed by atoms with Gasteiger partial charge in [-0.3, -0.25) is 14.7 Å². The third-order valence-electron chi connectivity index (χ3n) is 4.23. The van der Waals surface area contributed by atoms with Crippen molar-refractivity contribution >= 4 is 11.6 Å². The summed E-state index contributed by atoms with van der Waals surface area (Å²) in [6.07, 6.45) is 0. The fourth-order valence-electron chi connectivity index (χ4n) is 2.77. The minimum atomic E-state index is -0.458. The first-order chi connectivity index (χ1) is 13.6. The molecular weight excluding hydrogens is 354 g/mol. The maximum atomic E-state index is 12.3. The quantitative estimate of drug-likeness (QED) is 0.511. The SMILES string of the molecule is Cc1ccc(C(=O)Nc2ccc(-c3nc(-c4ccccc4)n[nH]3)cc2)c(=O)[nH]1. The summed E-state index contributed by atoms with van der Waals surface area (Å²) in [5, 5.41) is 9.89. The molecule has 2 aromatic heterocycles. The number of carbonyl (C=O) groups excluding carboxylic acids is 1. The Morgan fingerprint density at radius 2 is 1.68 bits per heavy atom. The maximum Gasteiger partial charge on any atom is 0.261 e. The highest BCUT2D eigenvalue weighted by Gasteiger charge is 2.11. The summed E-state index contributed by atoms with van der Waals surface area (Å²) >= 11 is 0. The fourth-order valence-corrected chi connectivity index (χ4v) is 2.77. The van der Waals surface area contributed by atoms with E-state index in [1.54, 1.807) is 25.1 Å². The second kappa shape index (κ2) is 7.32. The monoisotopic (exact) mass is 371 g/mol. The number of aromatic nitrogens is 4. The zero-order valence-corrected chi connectivity index (χ0v) is 15.1. The molecule has 0 saturated heterocycles. The molecule has 2 aromatic carbocycles. The van der Waals surface area contributed by atoms with E-state index in [1.165, 1.54) is 6.07 Å². The second-order valence-corrected chi connectivity index (χ2v) is 6.29. The molecule has 0 aliphatic heterocycles. The lowest BCUT2D eigenvalue weighted by molar-refractivity contribution is 0.102. The van der Waals surface area contributed by atoms with Crippen LogP contribution in [0.3, 0.4) is 0 Å². The van der Waals surface area contributed by atoms with Crippen LogP contribution < -0.4 is 10.9 Å². The van der Waals surface area contributed by atoms with Crippen LogP contribution in [-0.4, -0.2) is 26.1 Å². The van der Waals surface area contributed by atoms with Gasteiger partial charge in [-0.2, -0.15) is 5.10 Å². The number of nitrogens with one attached hydrogen (secondary N) is 3. The van der Waals surface area contributed by atoms with Crippen LogP contribution in [-0.2, 0) is 0 Å². The second-order valence-electron chi connectivity index (χ2n) is 6.29. The molecule has 0 bridgehead atoms. The lowest BCUT2D eigenvalue weighted by atomic mass is 10.2. The minimum Gasteiger partial charge on any atom is -0.326 e. The smallest absolute Gasteiger partial charge is 0.261 e. The van der Waals surface area contributed by atoms with Crippen molar-refractivity contribution in [2.45, 2.75) is 6.92 Å². The number of aryl methyl sites for hydroxylation is 1. The van der Waals surface area contributed by atoms with Gasteiger partial charge in [0.25, 0.3) is 11.5 Å². The van der Waals surface area contributed by atoms with Gasteiger partial charge >= 0.3 is 0 Å².